The number of benzene rings is 1. The van der Waals surface area contributed by atoms with Crippen molar-refractivity contribution in [3.05, 3.63) is 64.1 Å². The van der Waals surface area contributed by atoms with E-state index in [-0.39, 0.29) is 5.91 Å². The highest BCUT2D eigenvalue weighted by molar-refractivity contribution is 7.13. The minimum absolute atomic E-state index is 0.00869. The molecule has 0 radical (unpaired) electrons. The van der Waals surface area contributed by atoms with Crippen molar-refractivity contribution < 1.29 is 9.32 Å². The number of hydrogen-bond donors (Lipinski definition) is 0. The fraction of sp³-hybridized carbons (Fsp3) is 0.238. The zero-order chi connectivity index (χ0) is 20.3. The number of thiazole rings is 1. The van der Waals surface area contributed by atoms with Gasteiger partial charge in [0.15, 0.2) is 0 Å². The van der Waals surface area contributed by atoms with Crippen LogP contribution in [0.5, 0.6) is 0 Å². The smallest absolute Gasteiger partial charge is 0.273 e. The van der Waals surface area contributed by atoms with Crippen molar-refractivity contribution in [3.63, 3.8) is 0 Å². The van der Waals surface area contributed by atoms with E-state index in [4.69, 9.17) is 4.52 Å². The molecule has 4 aromatic rings. The number of thiophene rings is 1. The lowest BCUT2D eigenvalue weighted by atomic mass is 10.2. The van der Waals surface area contributed by atoms with Crippen molar-refractivity contribution >= 4 is 28.6 Å². The molecule has 1 amide bonds. The van der Waals surface area contributed by atoms with Crippen LogP contribution in [0.2, 0.25) is 0 Å². The van der Waals surface area contributed by atoms with E-state index in [2.05, 4.69) is 20.0 Å². The van der Waals surface area contributed by atoms with Gasteiger partial charge in [0, 0.05) is 48.1 Å². The van der Waals surface area contributed by atoms with Gasteiger partial charge in [-0.1, -0.05) is 35.5 Å². The van der Waals surface area contributed by atoms with Crippen LogP contribution in [0.25, 0.3) is 22.0 Å². The maximum absolute atomic E-state index is 12.9. The Morgan fingerprint density at radius 2 is 1.83 bits per heavy atom. The highest BCUT2D eigenvalue weighted by atomic mass is 32.1. The van der Waals surface area contributed by atoms with Crippen molar-refractivity contribution in [2.75, 3.05) is 26.2 Å². The second-order valence-electron chi connectivity index (χ2n) is 7.00. The molecule has 0 N–H and O–H groups in total. The first-order valence-corrected chi connectivity index (χ1v) is 11.5. The second kappa shape index (κ2) is 8.47. The molecule has 7 nitrogen and oxygen atoms in total. The summed E-state index contributed by atoms with van der Waals surface area (Å²) in [5.41, 5.74) is 2.53. The molecule has 0 aliphatic carbocycles. The number of piperazine rings is 1. The van der Waals surface area contributed by atoms with Crippen LogP contribution in [0.1, 0.15) is 16.4 Å². The third-order valence-electron chi connectivity index (χ3n) is 5.01. The molecular weight excluding hydrogens is 418 g/mol. The zero-order valence-corrected chi connectivity index (χ0v) is 17.7. The quantitative estimate of drug-likeness (QED) is 0.472. The lowest BCUT2D eigenvalue weighted by molar-refractivity contribution is 0.0610. The summed E-state index contributed by atoms with van der Waals surface area (Å²) in [4.78, 5) is 26.0. The molecule has 0 atom stereocenters. The first-order chi connectivity index (χ1) is 14.8. The predicted molar refractivity (Wildman–Crippen MR) is 116 cm³/mol. The Morgan fingerprint density at radius 3 is 2.60 bits per heavy atom. The first kappa shape index (κ1) is 19.1. The molecule has 1 saturated heterocycles. The van der Waals surface area contributed by atoms with Crippen molar-refractivity contribution in [2.24, 2.45) is 0 Å². The van der Waals surface area contributed by atoms with E-state index < -0.39 is 0 Å². The number of amides is 1. The molecular formula is C21H19N5O2S2. The van der Waals surface area contributed by atoms with Crippen LogP contribution in [0.4, 0.5) is 0 Å². The monoisotopic (exact) mass is 437 g/mol. The number of nitrogens with zero attached hydrogens (tertiary/aromatic N) is 5. The molecule has 1 aliphatic rings. The normalized spacial score (nSPS) is 14.9. The molecule has 0 bridgehead atoms. The maximum atomic E-state index is 12.9. The fourth-order valence-electron chi connectivity index (χ4n) is 3.38. The van der Waals surface area contributed by atoms with Crippen molar-refractivity contribution in [2.45, 2.75) is 6.54 Å². The first-order valence-electron chi connectivity index (χ1n) is 9.64. The molecule has 152 valence electrons. The Kier molecular flexibility index (Phi) is 5.39. The minimum atomic E-state index is -0.00869. The Bertz CT molecular complexity index is 1120. The fourth-order valence-corrected chi connectivity index (χ4v) is 4.81. The van der Waals surface area contributed by atoms with E-state index in [0.29, 0.717) is 37.0 Å². The molecule has 5 rings (SSSR count). The lowest BCUT2D eigenvalue weighted by Gasteiger charge is -2.33. The average Bonchev–Trinajstić information content (AvgIpc) is 3.56. The van der Waals surface area contributed by atoms with Crippen LogP contribution in [0.3, 0.4) is 0 Å². The Balaban J connectivity index is 1.17. The maximum Gasteiger partial charge on any atom is 0.273 e. The van der Waals surface area contributed by atoms with Gasteiger partial charge in [-0.05, 0) is 11.4 Å². The van der Waals surface area contributed by atoms with Crippen LogP contribution in [-0.4, -0.2) is 57.0 Å². The number of aromatic nitrogens is 3. The van der Waals surface area contributed by atoms with Gasteiger partial charge >= 0.3 is 0 Å². The molecule has 1 aromatic carbocycles. The summed E-state index contributed by atoms with van der Waals surface area (Å²) in [6.45, 7) is 3.42. The SMILES string of the molecule is O=C(c1csc(-c2ccccc2)n1)N1CCN(Cc2nc(-c3ccsc3)no2)CC1. The highest BCUT2D eigenvalue weighted by Gasteiger charge is 2.25. The molecule has 4 heterocycles. The van der Waals surface area contributed by atoms with Crippen molar-refractivity contribution in [1.29, 1.82) is 0 Å². The van der Waals surface area contributed by atoms with Gasteiger partial charge in [-0.2, -0.15) is 16.3 Å². The highest BCUT2D eigenvalue weighted by Crippen LogP contribution is 2.24. The van der Waals surface area contributed by atoms with E-state index in [0.717, 1.165) is 29.2 Å². The van der Waals surface area contributed by atoms with Gasteiger partial charge in [-0.3, -0.25) is 9.69 Å². The van der Waals surface area contributed by atoms with E-state index in [1.165, 1.54) is 11.3 Å². The van der Waals surface area contributed by atoms with Crippen LogP contribution in [-0.2, 0) is 6.54 Å². The minimum Gasteiger partial charge on any atom is -0.338 e. The molecule has 0 saturated carbocycles. The van der Waals surface area contributed by atoms with Crippen molar-refractivity contribution in [3.8, 4) is 22.0 Å². The standard InChI is InChI=1S/C21H19N5O2S2/c27-21(17-14-30-20(22-17)15-4-2-1-3-5-15)26-9-7-25(8-10-26)12-18-23-19(24-28-18)16-6-11-29-13-16/h1-6,11,13-14H,7-10,12H2. The van der Waals surface area contributed by atoms with Gasteiger partial charge in [0.25, 0.3) is 5.91 Å². The van der Waals surface area contributed by atoms with Crippen LogP contribution in [0, 0.1) is 0 Å². The topological polar surface area (TPSA) is 75.4 Å². The molecule has 30 heavy (non-hydrogen) atoms. The number of carbonyl (C=O) groups is 1. The van der Waals surface area contributed by atoms with Gasteiger partial charge in [-0.15, -0.1) is 11.3 Å². The van der Waals surface area contributed by atoms with Crippen LogP contribution in [0.15, 0.2) is 57.1 Å². The summed E-state index contributed by atoms with van der Waals surface area (Å²) in [6.07, 6.45) is 0. The number of rotatable bonds is 5. The van der Waals surface area contributed by atoms with E-state index in [1.54, 1.807) is 11.3 Å². The molecule has 9 heteroatoms. The summed E-state index contributed by atoms with van der Waals surface area (Å²) >= 11 is 3.11. The number of hydrogen-bond acceptors (Lipinski definition) is 8. The Morgan fingerprint density at radius 1 is 1.00 bits per heavy atom. The largest absolute Gasteiger partial charge is 0.338 e. The molecule has 0 spiro atoms. The molecule has 1 aliphatic heterocycles. The lowest BCUT2D eigenvalue weighted by Crippen LogP contribution is -2.48. The van der Waals surface area contributed by atoms with Crippen LogP contribution < -0.4 is 0 Å². The van der Waals surface area contributed by atoms with Gasteiger partial charge in [0.1, 0.15) is 10.7 Å². The Labute approximate surface area is 181 Å². The molecule has 1 fully saturated rings. The van der Waals surface area contributed by atoms with Gasteiger partial charge in [-0.25, -0.2) is 4.98 Å². The van der Waals surface area contributed by atoms with E-state index in [1.807, 2.05) is 57.4 Å². The van der Waals surface area contributed by atoms with Gasteiger partial charge in [0.2, 0.25) is 11.7 Å². The molecule has 0 unspecified atom stereocenters. The zero-order valence-electron chi connectivity index (χ0n) is 16.1. The van der Waals surface area contributed by atoms with Gasteiger partial charge < -0.3 is 9.42 Å². The summed E-state index contributed by atoms with van der Waals surface area (Å²) in [7, 11) is 0. The van der Waals surface area contributed by atoms with Gasteiger partial charge in [0.05, 0.1) is 6.54 Å². The molecule has 3 aromatic heterocycles. The summed E-state index contributed by atoms with van der Waals surface area (Å²) in [5, 5.41) is 10.8. The summed E-state index contributed by atoms with van der Waals surface area (Å²) < 4.78 is 5.39. The average molecular weight is 438 g/mol. The number of carbonyl (C=O) groups excluding carboxylic acids is 1. The third-order valence-corrected chi connectivity index (χ3v) is 6.58. The summed E-state index contributed by atoms with van der Waals surface area (Å²) in [5.74, 6) is 1.21. The van der Waals surface area contributed by atoms with Crippen molar-refractivity contribution in [1.82, 2.24) is 24.9 Å². The van der Waals surface area contributed by atoms with E-state index in [9.17, 15) is 4.79 Å². The second-order valence-corrected chi connectivity index (χ2v) is 8.63. The van der Waals surface area contributed by atoms with Crippen LogP contribution >= 0.6 is 22.7 Å². The predicted octanol–water partition coefficient (Wildman–Crippen LogP) is 3.88. The third kappa shape index (κ3) is 4.04. The van der Waals surface area contributed by atoms with E-state index >= 15 is 0 Å². The summed E-state index contributed by atoms with van der Waals surface area (Å²) in [6, 6.07) is 11.9. The Hall–Kier alpha value is -2.88.